The number of carbonyl (C=O) groups excluding carboxylic acids is 1. The summed E-state index contributed by atoms with van der Waals surface area (Å²) in [7, 11) is 4.80. The first kappa shape index (κ1) is 18.3. The highest BCUT2D eigenvalue weighted by Crippen LogP contribution is 2.31. The van der Waals surface area contributed by atoms with Crippen LogP contribution in [0.5, 0.6) is 17.2 Å². The van der Waals surface area contributed by atoms with E-state index in [1.165, 1.54) is 0 Å². The summed E-state index contributed by atoms with van der Waals surface area (Å²) in [6, 6.07) is 10.5. The van der Waals surface area contributed by atoms with E-state index < -0.39 is 0 Å². The second-order valence-corrected chi connectivity index (χ2v) is 5.15. The van der Waals surface area contributed by atoms with Gasteiger partial charge in [0.1, 0.15) is 17.2 Å². The van der Waals surface area contributed by atoms with E-state index in [2.05, 4.69) is 10.5 Å². The first-order valence-corrected chi connectivity index (χ1v) is 7.85. The van der Waals surface area contributed by atoms with Gasteiger partial charge in [0.15, 0.2) is 0 Å². The largest absolute Gasteiger partial charge is 0.497 e. The number of benzene rings is 2. The minimum absolute atomic E-state index is 0.304. The average molecular weight is 342 g/mol. The van der Waals surface area contributed by atoms with Crippen LogP contribution in [-0.2, 0) is 6.42 Å². The molecule has 6 heteroatoms. The Bertz CT molecular complexity index is 755. The zero-order valence-corrected chi connectivity index (χ0v) is 14.8. The van der Waals surface area contributed by atoms with Gasteiger partial charge in [0.2, 0.25) is 0 Å². The number of nitrogens with zero attached hydrogens (tertiary/aromatic N) is 1. The summed E-state index contributed by atoms with van der Waals surface area (Å²) in [6.45, 7) is 2.02. The highest BCUT2D eigenvalue weighted by molar-refractivity contribution is 5.95. The smallest absolute Gasteiger partial charge is 0.271 e. The van der Waals surface area contributed by atoms with Crippen LogP contribution in [0.1, 0.15) is 28.4 Å². The fourth-order valence-corrected chi connectivity index (χ4v) is 2.46. The summed E-state index contributed by atoms with van der Waals surface area (Å²) in [5.74, 6) is 1.83. The first-order chi connectivity index (χ1) is 12.1. The van der Waals surface area contributed by atoms with Crippen LogP contribution in [0, 0.1) is 0 Å². The Morgan fingerprint density at radius 2 is 1.76 bits per heavy atom. The second-order valence-electron chi connectivity index (χ2n) is 5.15. The van der Waals surface area contributed by atoms with Crippen molar-refractivity contribution in [2.45, 2.75) is 13.3 Å². The van der Waals surface area contributed by atoms with Gasteiger partial charge in [-0.25, -0.2) is 5.43 Å². The van der Waals surface area contributed by atoms with Crippen molar-refractivity contribution in [1.82, 2.24) is 5.43 Å². The van der Waals surface area contributed by atoms with Gasteiger partial charge in [0.05, 0.1) is 27.5 Å². The molecule has 0 atom stereocenters. The first-order valence-electron chi connectivity index (χ1n) is 7.85. The van der Waals surface area contributed by atoms with Gasteiger partial charge >= 0.3 is 0 Å². The van der Waals surface area contributed by atoms with Crippen LogP contribution < -0.4 is 19.6 Å². The molecule has 1 amide bonds. The number of hydrogen-bond acceptors (Lipinski definition) is 5. The molecule has 0 bridgehead atoms. The monoisotopic (exact) mass is 342 g/mol. The molecule has 0 saturated carbocycles. The number of hydrazone groups is 1. The third kappa shape index (κ3) is 4.29. The van der Waals surface area contributed by atoms with Crippen molar-refractivity contribution >= 4 is 12.1 Å². The maximum Gasteiger partial charge on any atom is 0.271 e. The average Bonchev–Trinajstić information content (AvgIpc) is 2.67. The Hall–Kier alpha value is -3.02. The standard InChI is InChI=1S/C19H22N2O4/c1-5-16-17(24-3)11-8-14(18(16)25-4)12-20-21-19(22)13-6-9-15(23-2)10-7-13/h6-12H,5H2,1-4H3,(H,21,22)/b20-12+. The van der Waals surface area contributed by atoms with Crippen molar-refractivity contribution in [3.8, 4) is 17.2 Å². The van der Waals surface area contributed by atoms with Crippen molar-refractivity contribution < 1.29 is 19.0 Å². The Labute approximate surface area is 147 Å². The number of hydrogen-bond donors (Lipinski definition) is 1. The molecule has 0 spiro atoms. The third-order valence-electron chi connectivity index (χ3n) is 3.75. The fraction of sp³-hybridized carbons (Fsp3) is 0.263. The van der Waals surface area contributed by atoms with E-state index >= 15 is 0 Å². The molecule has 132 valence electrons. The molecule has 2 rings (SSSR count). The van der Waals surface area contributed by atoms with E-state index in [9.17, 15) is 4.79 Å². The zero-order chi connectivity index (χ0) is 18.2. The molecule has 25 heavy (non-hydrogen) atoms. The predicted molar refractivity (Wildman–Crippen MR) is 97.0 cm³/mol. The van der Waals surface area contributed by atoms with E-state index in [0.29, 0.717) is 17.1 Å². The van der Waals surface area contributed by atoms with E-state index in [0.717, 1.165) is 23.3 Å². The lowest BCUT2D eigenvalue weighted by Crippen LogP contribution is -2.17. The van der Waals surface area contributed by atoms with Gasteiger partial charge in [-0.1, -0.05) is 6.92 Å². The zero-order valence-electron chi connectivity index (χ0n) is 14.8. The number of nitrogens with one attached hydrogen (secondary N) is 1. The van der Waals surface area contributed by atoms with Crippen LogP contribution in [0.15, 0.2) is 41.5 Å². The fourth-order valence-electron chi connectivity index (χ4n) is 2.46. The lowest BCUT2D eigenvalue weighted by molar-refractivity contribution is 0.0955. The van der Waals surface area contributed by atoms with Crippen molar-refractivity contribution in [2.24, 2.45) is 5.10 Å². The molecule has 0 fully saturated rings. The Kier molecular flexibility index (Phi) is 6.39. The molecule has 0 aliphatic heterocycles. The van der Waals surface area contributed by atoms with Gasteiger partial charge < -0.3 is 14.2 Å². The predicted octanol–water partition coefficient (Wildman–Crippen LogP) is 3.04. The molecule has 0 unspecified atom stereocenters. The summed E-state index contributed by atoms with van der Waals surface area (Å²) < 4.78 is 15.9. The minimum Gasteiger partial charge on any atom is -0.497 e. The quantitative estimate of drug-likeness (QED) is 0.620. The third-order valence-corrected chi connectivity index (χ3v) is 3.75. The second kappa shape index (κ2) is 8.73. The summed E-state index contributed by atoms with van der Waals surface area (Å²) in [5, 5.41) is 4.02. The molecule has 1 N–H and O–H groups in total. The van der Waals surface area contributed by atoms with Crippen molar-refractivity contribution in [2.75, 3.05) is 21.3 Å². The van der Waals surface area contributed by atoms with Gasteiger partial charge in [0, 0.05) is 16.7 Å². The number of rotatable bonds is 7. The summed E-state index contributed by atoms with van der Waals surface area (Å²) in [4.78, 5) is 12.1. The lowest BCUT2D eigenvalue weighted by Gasteiger charge is -2.13. The Morgan fingerprint density at radius 3 is 2.32 bits per heavy atom. The Morgan fingerprint density at radius 1 is 1.04 bits per heavy atom. The Balaban J connectivity index is 2.14. The van der Waals surface area contributed by atoms with Crippen molar-refractivity contribution in [1.29, 1.82) is 0 Å². The molecule has 6 nitrogen and oxygen atoms in total. The van der Waals surface area contributed by atoms with E-state index in [-0.39, 0.29) is 5.91 Å². The van der Waals surface area contributed by atoms with Gasteiger partial charge in [-0.2, -0.15) is 5.10 Å². The molecule has 2 aromatic carbocycles. The summed E-state index contributed by atoms with van der Waals surface area (Å²) >= 11 is 0. The van der Waals surface area contributed by atoms with Crippen LogP contribution in [0.4, 0.5) is 0 Å². The van der Waals surface area contributed by atoms with Gasteiger partial charge in [0.25, 0.3) is 5.91 Å². The highest BCUT2D eigenvalue weighted by atomic mass is 16.5. The molecule has 0 radical (unpaired) electrons. The molecule has 0 aromatic heterocycles. The maximum atomic E-state index is 12.1. The molecule has 0 aliphatic carbocycles. The van der Waals surface area contributed by atoms with E-state index in [1.54, 1.807) is 51.8 Å². The molecule has 0 heterocycles. The molecule has 0 aliphatic rings. The molecule has 0 saturated heterocycles. The van der Waals surface area contributed by atoms with Crippen LogP contribution in [-0.4, -0.2) is 33.5 Å². The highest BCUT2D eigenvalue weighted by Gasteiger charge is 2.12. The number of amides is 1. The molecular weight excluding hydrogens is 320 g/mol. The van der Waals surface area contributed by atoms with Gasteiger partial charge in [-0.15, -0.1) is 0 Å². The van der Waals surface area contributed by atoms with Crippen molar-refractivity contribution in [3.63, 3.8) is 0 Å². The van der Waals surface area contributed by atoms with E-state index in [1.807, 2.05) is 19.1 Å². The topological polar surface area (TPSA) is 69.2 Å². The summed E-state index contributed by atoms with van der Waals surface area (Å²) in [5.41, 5.74) is 4.71. The van der Waals surface area contributed by atoms with Crippen LogP contribution in [0.3, 0.4) is 0 Å². The number of methoxy groups -OCH3 is 3. The van der Waals surface area contributed by atoms with Crippen molar-refractivity contribution in [3.05, 3.63) is 53.1 Å². The molecular formula is C19H22N2O4. The lowest BCUT2D eigenvalue weighted by atomic mass is 10.1. The van der Waals surface area contributed by atoms with Gasteiger partial charge in [-0.05, 0) is 42.8 Å². The molecule has 2 aromatic rings. The number of carbonyl (C=O) groups is 1. The van der Waals surface area contributed by atoms with Crippen LogP contribution in [0.2, 0.25) is 0 Å². The maximum absolute atomic E-state index is 12.1. The normalized spacial score (nSPS) is 10.6. The minimum atomic E-state index is -0.304. The van der Waals surface area contributed by atoms with Crippen LogP contribution in [0.25, 0.3) is 0 Å². The summed E-state index contributed by atoms with van der Waals surface area (Å²) in [6.07, 6.45) is 2.31. The van der Waals surface area contributed by atoms with Crippen LogP contribution >= 0.6 is 0 Å². The van der Waals surface area contributed by atoms with E-state index in [4.69, 9.17) is 14.2 Å². The van der Waals surface area contributed by atoms with Gasteiger partial charge in [-0.3, -0.25) is 4.79 Å². The number of ether oxygens (including phenoxy) is 3. The SMILES string of the molecule is CCc1c(OC)ccc(/C=N/NC(=O)c2ccc(OC)cc2)c1OC.